The molecular formula is C17H18BrClFNOS2. The fraction of sp³-hybridized carbons (Fsp3) is 0.412. The van der Waals surface area contributed by atoms with Crippen LogP contribution in [0.3, 0.4) is 0 Å². The lowest BCUT2D eigenvalue weighted by molar-refractivity contribution is 0.370. The molecule has 2 aromatic rings. The first-order valence-electron chi connectivity index (χ1n) is 7.53. The summed E-state index contributed by atoms with van der Waals surface area (Å²) in [4.78, 5) is 1.11. The zero-order valence-corrected chi connectivity index (χ0v) is 17.8. The van der Waals surface area contributed by atoms with Crippen molar-refractivity contribution < 1.29 is 8.94 Å². The van der Waals surface area contributed by atoms with Gasteiger partial charge in [0.05, 0.1) is 15.4 Å². The monoisotopic (exact) mass is 449 g/mol. The summed E-state index contributed by atoms with van der Waals surface area (Å²) >= 11 is 10.00. The van der Waals surface area contributed by atoms with Crippen LogP contribution in [-0.4, -0.2) is 13.6 Å². The maximum atomic E-state index is 14.1. The van der Waals surface area contributed by atoms with Crippen LogP contribution in [0.25, 0.3) is 0 Å². The maximum Gasteiger partial charge on any atom is 0.137 e. The molecule has 130 valence electrons. The number of halogens is 3. The van der Waals surface area contributed by atoms with E-state index in [0.717, 1.165) is 25.9 Å². The molecule has 0 N–H and O–H groups in total. The van der Waals surface area contributed by atoms with Gasteiger partial charge in [0.25, 0.3) is 0 Å². The van der Waals surface area contributed by atoms with Crippen molar-refractivity contribution in [2.75, 3.05) is 0 Å². The molecule has 0 fully saturated rings. The van der Waals surface area contributed by atoms with Crippen LogP contribution >= 0.6 is 38.9 Å². The highest BCUT2D eigenvalue weighted by molar-refractivity contribution is 9.10. The van der Waals surface area contributed by atoms with Crippen molar-refractivity contribution in [3.8, 4) is 0 Å². The van der Waals surface area contributed by atoms with E-state index in [4.69, 9.17) is 11.6 Å². The van der Waals surface area contributed by atoms with Crippen LogP contribution in [0.4, 0.5) is 4.39 Å². The minimum atomic E-state index is -1.22. The number of nitrogens with zero attached hydrogens (tertiary/aromatic N) is 1. The van der Waals surface area contributed by atoms with Gasteiger partial charge in [0, 0.05) is 16.2 Å². The average Bonchev–Trinajstić information content (AvgIpc) is 2.98. The zero-order chi connectivity index (χ0) is 17.8. The van der Waals surface area contributed by atoms with Crippen molar-refractivity contribution in [2.24, 2.45) is 0 Å². The Morgan fingerprint density at radius 3 is 2.71 bits per heavy atom. The second kappa shape index (κ2) is 6.56. The molecule has 2 heterocycles. The highest BCUT2D eigenvalue weighted by Gasteiger charge is 2.46. The van der Waals surface area contributed by atoms with E-state index in [9.17, 15) is 8.94 Å². The normalized spacial score (nSPS) is 19.6. The third kappa shape index (κ3) is 3.06. The molecule has 24 heavy (non-hydrogen) atoms. The van der Waals surface area contributed by atoms with Gasteiger partial charge in [-0.1, -0.05) is 23.7 Å². The number of hydrogen-bond acceptors (Lipinski definition) is 3. The topological polar surface area (TPSA) is 26.3 Å². The van der Waals surface area contributed by atoms with Crippen molar-refractivity contribution in [3.63, 3.8) is 0 Å². The van der Waals surface area contributed by atoms with Crippen molar-refractivity contribution in [3.05, 3.63) is 54.4 Å². The number of benzene rings is 1. The van der Waals surface area contributed by atoms with E-state index in [2.05, 4.69) is 15.9 Å². The Morgan fingerprint density at radius 1 is 1.42 bits per heavy atom. The molecule has 0 aliphatic carbocycles. The largest absolute Gasteiger partial charge is 0.597 e. The molecule has 0 radical (unpaired) electrons. The lowest BCUT2D eigenvalue weighted by atomic mass is 9.99. The molecule has 0 saturated carbocycles. The van der Waals surface area contributed by atoms with Crippen molar-refractivity contribution in [1.29, 1.82) is 0 Å². The fourth-order valence-electron chi connectivity index (χ4n) is 2.95. The Labute approximate surface area is 162 Å². The van der Waals surface area contributed by atoms with Gasteiger partial charge < -0.3 is 4.55 Å². The molecular weight excluding hydrogens is 433 g/mol. The Kier molecular flexibility index (Phi) is 5.10. The molecule has 1 aromatic heterocycles. The standard InChI is InChI=1S/C17H18BrClFNOS2/c1-9-13-12(23-16(9)19)8-21(24(22)17(2,3)4)15(13)10-6-5-7-11(20)14(10)18/h5-7,15H,8H2,1-4H3/t15?,24-/m1/s1. The molecule has 1 aliphatic rings. The third-order valence-electron chi connectivity index (χ3n) is 4.09. The smallest absolute Gasteiger partial charge is 0.137 e. The quantitative estimate of drug-likeness (QED) is 0.526. The summed E-state index contributed by atoms with van der Waals surface area (Å²) in [6.07, 6.45) is 0. The van der Waals surface area contributed by atoms with Crippen molar-refractivity contribution in [2.45, 2.75) is 45.0 Å². The van der Waals surface area contributed by atoms with Crippen LogP contribution in [-0.2, 0) is 17.9 Å². The Bertz CT molecular complexity index is 790. The van der Waals surface area contributed by atoms with Gasteiger partial charge in [-0.05, 0) is 66.4 Å². The van der Waals surface area contributed by atoms with Crippen molar-refractivity contribution >= 4 is 50.2 Å². The van der Waals surface area contributed by atoms with Gasteiger partial charge >= 0.3 is 0 Å². The first kappa shape index (κ1) is 18.7. The Morgan fingerprint density at radius 2 is 2.08 bits per heavy atom. The first-order valence-corrected chi connectivity index (χ1v) is 10.6. The summed E-state index contributed by atoms with van der Waals surface area (Å²) in [7, 11) is 0. The van der Waals surface area contributed by atoms with Crippen LogP contribution in [0.1, 0.15) is 48.4 Å². The van der Waals surface area contributed by atoms with Crippen LogP contribution in [0.15, 0.2) is 22.7 Å². The first-order chi connectivity index (χ1) is 11.1. The summed E-state index contributed by atoms with van der Waals surface area (Å²) in [5.41, 5.74) is 2.84. The average molecular weight is 451 g/mol. The molecule has 0 bridgehead atoms. The Hall–Kier alpha value is -0.110. The molecule has 0 saturated heterocycles. The molecule has 2 nitrogen and oxygen atoms in total. The highest BCUT2D eigenvalue weighted by Crippen LogP contribution is 2.50. The number of hydrogen-bond donors (Lipinski definition) is 0. The molecule has 1 aromatic carbocycles. The molecule has 0 spiro atoms. The van der Waals surface area contributed by atoms with E-state index in [1.807, 2.05) is 38.1 Å². The van der Waals surface area contributed by atoms with Crippen LogP contribution in [0.5, 0.6) is 0 Å². The number of thiophene rings is 1. The van der Waals surface area contributed by atoms with E-state index >= 15 is 0 Å². The van der Waals surface area contributed by atoms with Gasteiger partial charge in [-0.15, -0.1) is 15.6 Å². The van der Waals surface area contributed by atoms with Gasteiger partial charge in [-0.3, -0.25) is 0 Å². The fourth-order valence-corrected chi connectivity index (χ4v) is 6.32. The molecule has 1 unspecified atom stereocenters. The number of fused-ring (bicyclic) bond motifs is 1. The van der Waals surface area contributed by atoms with E-state index in [1.54, 1.807) is 6.07 Å². The van der Waals surface area contributed by atoms with Crippen molar-refractivity contribution in [1.82, 2.24) is 4.31 Å². The summed E-state index contributed by atoms with van der Waals surface area (Å²) < 4.78 is 29.9. The van der Waals surface area contributed by atoms with E-state index in [1.165, 1.54) is 17.4 Å². The lowest BCUT2D eigenvalue weighted by Crippen LogP contribution is -2.42. The summed E-state index contributed by atoms with van der Waals surface area (Å²) in [6, 6.07) is 4.72. The van der Waals surface area contributed by atoms with Crippen LogP contribution in [0.2, 0.25) is 4.34 Å². The summed E-state index contributed by atoms with van der Waals surface area (Å²) in [5.74, 6) is -0.318. The molecule has 1 aliphatic heterocycles. The second-order valence-corrected chi connectivity index (χ2v) is 11.5. The summed E-state index contributed by atoms with van der Waals surface area (Å²) in [6.45, 7) is 8.39. The third-order valence-corrected chi connectivity index (χ3v) is 8.33. The minimum absolute atomic E-state index is 0.270. The minimum Gasteiger partial charge on any atom is -0.597 e. The molecule has 3 rings (SSSR count). The molecule has 2 atom stereocenters. The van der Waals surface area contributed by atoms with E-state index < -0.39 is 16.1 Å². The van der Waals surface area contributed by atoms with Gasteiger partial charge in [0.15, 0.2) is 0 Å². The predicted molar refractivity (Wildman–Crippen MR) is 103 cm³/mol. The SMILES string of the molecule is Cc1c(Cl)sc2c1C(c1cccc(F)c1Br)N([S@+]([O-])C(C)(C)C)C2. The van der Waals surface area contributed by atoms with Gasteiger partial charge in [0.2, 0.25) is 0 Å². The second-order valence-electron chi connectivity index (χ2n) is 6.82. The van der Waals surface area contributed by atoms with Gasteiger partial charge in [-0.25, -0.2) is 4.39 Å². The Balaban J connectivity index is 2.18. The molecule has 0 amide bonds. The summed E-state index contributed by atoms with van der Waals surface area (Å²) in [5, 5.41) is 0. The number of rotatable bonds is 2. The van der Waals surface area contributed by atoms with Crippen LogP contribution < -0.4 is 0 Å². The van der Waals surface area contributed by atoms with E-state index in [0.29, 0.717) is 11.0 Å². The van der Waals surface area contributed by atoms with E-state index in [-0.39, 0.29) is 11.9 Å². The highest BCUT2D eigenvalue weighted by atomic mass is 79.9. The lowest BCUT2D eigenvalue weighted by Gasteiger charge is -2.34. The predicted octanol–water partition coefficient (Wildman–Crippen LogP) is 5.98. The molecule has 7 heteroatoms. The maximum absolute atomic E-state index is 14.1. The van der Waals surface area contributed by atoms with Gasteiger partial charge in [0.1, 0.15) is 16.6 Å². The van der Waals surface area contributed by atoms with Crippen LogP contribution in [0, 0.1) is 12.7 Å². The van der Waals surface area contributed by atoms with Gasteiger partial charge in [-0.2, -0.15) is 0 Å². The zero-order valence-electron chi connectivity index (χ0n) is 13.8.